The summed E-state index contributed by atoms with van der Waals surface area (Å²) >= 11 is 7.46. The number of halogens is 1. The molecule has 0 saturated heterocycles. The van der Waals surface area contributed by atoms with Crippen LogP contribution in [0.4, 0.5) is 5.69 Å². The molecule has 3 rings (SSSR count). The molecule has 0 bridgehead atoms. The lowest BCUT2D eigenvalue weighted by molar-refractivity contribution is -0.115. The fraction of sp³-hybridized carbons (Fsp3) is 0.200. The highest BCUT2D eigenvalue weighted by Gasteiger charge is 2.21. The van der Waals surface area contributed by atoms with Gasteiger partial charge in [0.1, 0.15) is 16.9 Å². The average molecular weight is 348 g/mol. The van der Waals surface area contributed by atoms with Crippen LogP contribution in [0.1, 0.15) is 13.3 Å². The van der Waals surface area contributed by atoms with E-state index in [1.807, 2.05) is 19.1 Å². The second kappa shape index (κ2) is 6.97. The van der Waals surface area contributed by atoms with Crippen LogP contribution in [-0.2, 0) is 4.79 Å². The fourth-order valence-electron chi connectivity index (χ4n) is 2.07. The van der Waals surface area contributed by atoms with Gasteiger partial charge in [0.25, 0.3) is 0 Å². The van der Waals surface area contributed by atoms with Crippen LogP contribution in [0.15, 0.2) is 41.9 Å². The first-order valence-electron chi connectivity index (χ1n) is 7.05. The van der Waals surface area contributed by atoms with Gasteiger partial charge in [0.05, 0.1) is 22.3 Å². The second-order valence-electron chi connectivity index (χ2n) is 4.76. The highest BCUT2D eigenvalue weighted by molar-refractivity contribution is 8.00. The van der Waals surface area contributed by atoms with Crippen LogP contribution in [0.25, 0.3) is 11.2 Å². The zero-order chi connectivity index (χ0) is 16.2. The lowest BCUT2D eigenvalue weighted by Crippen LogP contribution is -2.24. The van der Waals surface area contributed by atoms with E-state index in [-0.39, 0.29) is 11.2 Å². The molecule has 0 aliphatic carbocycles. The Labute approximate surface area is 142 Å². The van der Waals surface area contributed by atoms with E-state index in [2.05, 4.69) is 25.3 Å². The molecule has 1 atom stereocenters. The molecule has 0 spiro atoms. The summed E-state index contributed by atoms with van der Waals surface area (Å²) in [7, 11) is 0. The van der Waals surface area contributed by atoms with Gasteiger partial charge in [-0.2, -0.15) is 0 Å². The molecule has 23 heavy (non-hydrogen) atoms. The third-order valence-electron chi connectivity index (χ3n) is 3.24. The van der Waals surface area contributed by atoms with Gasteiger partial charge < -0.3 is 10.3 Å². The first-order chi connectivity index (χ1) is 11.2. The number of imidazole rings is 1. The van der Waals surface area contributed by atoms with E-state index in [9.17, 15) is 4.79 Å². The van der Waals surface area contributed by atoms with E-state index in [4.69, 9.17) is 11.6 Å². The number of amides is 1. The number of benzene rings is 1. The molecular weight excluding hydrogens is 334 g/mol. The van der Waals surface area contributed by atoms with Crippen LogP contribution >= 0.6 is 23.4 Å². The maximum absolute atomic E-state index is 12.5. The highest BCUT2D eigenvalue weighted by Crippen LogP contribution is 2.29. The zero-order valence-electron chi connectivity index (χ0n) is 12.3. The predicted octanol–water partition coefficient (Wildman–Crippen LogP) is 3.52. The van der Waals surface area contributed by atoms with Crippen molar-refractivity contribution in [3.8, 4) is 0 Å². The normalized spacial score (nSPS) is 12.3. The third kappa shape index (κ3) is 3.46. The van der Waals surface area contributed by atoms with Gasteiger partial charge in [0, 0.05) is 0 Å². The molecular formula is C15H14ClN5OS. The number of hydrogen-bond acceptors (Lipinski definition) is 5. The van der Waals surface area contributed by atoms with E-state index < -0.39 is 0 Å². The number of nitrogens with one attached hydrogen (secondary N) is 2. The number of aromatic nitrogens is 4. The molecule has 2 heterocycles. The Morgan fingerprint density at radius 2 is 2.17 bits per heavy atom. The van der Waals surface area contributed by atoms with E-state index >= 15 is 0 Å². The van der Waals surface area contributed by atoms with Crippen molar-refractivity contribution in [2.45, 2.75) is 23.6 Å². The van der Waals surface area contributed by atoms with Gasteiger partial charge in [-0.15, -0.1) is 0 Å². The number of H-pyrrole nitrogens is 1. The molecule has 0 saturated carbocycles. The van der Waals surface area contributed by atoms with E-state index in [1.54, 1.807) is 18.5 Å². The lowest BCUT2D eigenvalue weighted by Gasteiger charge is -2.15. The molecule has 1 aromatic carbocycles. The van der Waals surface area contributed by atoms with Crippen molar-refractivity contribution in [3.63, 3.8) is 0 Å². The van der Waals surface area contributed by atoms with Crippen molar-refractivity contribution in [2.75, 3.05) is 5.32 Å². The molecule has 0 unspecified atom stereocenters. The van der Waals surface area contributed by atoms with Gasteiger partial charge in [-0.05, 0) is 18.6 Å². The number of hydrogen-bond donors (Lipinski definition) is 2. The Bertz CT molecular complexity index is 837. The summed E-state index contributed by atoms with van der Waals surface area (Å²) in [5.74, 6) is -0.114. The largest absolute Gasteiger partial charge is 0.341 e. The minimum Gasteiger partial charge on any atom is -0.341 e. The average Bonchev–Trinajstić information content (AvgIpc) is 3.04. The van der Waals surface area contributed by atoms with Crippen molar-refractivity contribution < 1.29 is 4.79 Å². The molecule has 1 amide bonds. The van der Waals surface area contributed by atoms with E-state index in [0.717, 1.165) is 5.52 Å². The minimum atomic E-state index is -0.298. The summed E-state index contributed by atoms with van der Waals surface area (Å²) in [5, 5.41) is 3.78. The Hall–Kier alpha value is -2.12. The fourth-order valence-corrected chi connectivity index (χ4v) is 3.23. The molecule has 0 aliphatic rings. The van der Waals surface area contributed by atoms with Crippen LogP contribution in [0, 0.1) is 0 Å². The van der Waals surface area contributed by atoms with Crippen LogP contribution in [0.2, 0.25) is 5.02 Å². The van der Waals surface area contributed by atoms with Gasteiger partial charge >= 0.3 is 0 Å². The van der Waals surface area contributed by atoms with Crippen LogP contribution < -0.4 is 5.32 Å². The number of anilines is 1. The molecule has 0 radical (unpaired) electrons. The van der Waals surface area contributed by atoms with E-state index in [1.165, 1.54) is 18.1 Å². The Morgan fingerprint density at radius 1 is 1.35 bits per heavy atom. The van der Waals surface area contributed by atoms with Gasteiger partial charge in [0.2, 0.25) is 5.91 Å². The quantitative estimate of drug-likeness (QED) is 0.545. The van der Waals surface area contributed by atoms with Crippen molar-refractivity contribution in [2.24, 2.45) is 0 Å². The summed E-state index contributed by atoms with van der Waals surface area (Å²) in [6.07, 6.45) is 3.67. The minimum absolute atomic E-state index is 0.114. The molecule has 0 fully saturated rings. The summed E-state index contributed by atoms with van der Waals surface area (Å²) in [6.45, 7) is 1.95. The number of para-hydroxylation sites is 1. The van der Waals surface area contributed by atoms with Crippen LogP contribution in [0.3, 0.4) is 0 Å². The number of thioether (sulfide) groups is 1. The molecule has 118 valence electrons. The number of carbonyl (C=O) groups excluding carboxylic acids is 1. The van der Waals surface area contributed by atoms with Gasteiger partial charge in [-0.3, -0.25) is 4.79 Å². The number of carbonyl (C=O) groups is 1. The first kappa shape index (κ1) is 15.8. The Morgan fingerprint density at radius 3 is 2.96 bits per heavy atom. The molecule has 2 N–H and O–H groups in total. The first-order valence-corrected chi connectivity index (χ1v) is 8.31. The molecule has 8 heteroatoms. The second-order valence-corrected chi connectivity index (χ2v) is 6.36. The topological polar surface area (TPSA) is 83.6 Å². The smallest absolute Gasteiger partial charge is 0.237 e. The van der Waals surface area contributed by atoms with Gasteiger partial charge in [0.15, 0.2) is 5.65 Å². The van der Waals surface area contributed by atoms with Crippen molar-refractivity contribution >= 4 is 46.1 Å². The maximum atomic E-state index is 12.5. The summed E-state index contributed by atoms with van der Waals surface area (Å²) in [4.78, 5) is 27.9. The predicted molar refractivity (Wildman–Crippen MR) is 91.7 cm³/mol. The number of aromatic amines is 1. The molecule has 2 aromatic heterocycles. The highest BCUT2D eigenvalue weighted by atomic mass is 35.5. The summed E-state index contributed by atoms with van der Waals surface area (Å²) in [5.41, 5.74) is 1.93. The van der Waals surface area contributed by atoms with Crippen LogP contribution in [-0.4, -0.2) is 31.1 Å². The summed E-state index contributed by atoms with van der Waals surface area (Å²) < 4.78 is 0. The number of nitrogens with zero attached hydrogens (tertiary/aromatic N) is 3. The standard InChI is InChI=1S/C15H14ClN5OS/c1-2-11(14(22)21-10-6-4-3-5-9(10)16)23-15-12-13(18-7-17-12)19-8-20-15/h3-8,11H,2H2,1H3,(H,21,22)(H,17,18,19,20)/t11-/m0/s1. The number of fused-ring (bicyclic) bond motifs is 1. The Balaban J connectivity index is 1.78. The molecule has 3 aromatic rings. The zero-order valence-corrected chi connectivity index (χ0v) is 13.9. The summed E-state index contributed by atoms with van der Waals surface area (Å²) in [6, 6.07) is 7.16. The third-order valence-corrected chi connectivity index (χ3v) is 4.93. The van der Waals surface area contributed by atoms with Gasteiger partial charge in [-0.1, -0.05) is 42.4 Å². The monoisotopic (exact) mass is 347 g/mol. The van der Waals surface area contributed by atoms with E-state index in [0.29, 0.717) is 27.8 Å². The van der Waals surface area contributed by atoms with Crippen molar-refractivity contribution in [3.05, 3.63) is 41.9 Å². The SMILES string of the molecule is CC[C@H](Sc1ncnc2nc[nH]c12)C(=O)Nc1ccccc1Cl. The van der Waals surface area contributed by atoms with Crippen molar-refractivity contribution in [1.29, 1.82) is 0 Å². The van der Waals surface area contributed by atoms with Gasteiger partial charge in [-0.25, -0.2) is 15.0 Å². The van der Waals surface area contributed by atoms with Crippen LogP contribution in [0.5, 0.6) is 0 Å². The maximum Gasteiger partial charge on any atom is 0.237 e. The molecule has 6 nitrogen and oxygen atoms in total. The molecule has 0 aliphatic heterocycles. The van der Waals surface area contributed by atoms with Crippen molar-refractivity contribution in [1.82, 2.24) is 19.9 Å². The number of rotatable bonds is 5. The Kier molecular flexibility index (Phi) is 4.78. The lowest BCUT2D eigenvalue weighted by atomic mass is 10.2.